The standard InChI is InChI=1S/C79H154O17P2/c1-7-9-11-13-15-17-19-21-22-23-24-25-27-31-39-45-51-57-63-78(83)95-74(67-90-77(82)62-56-50-44-38-32-28-29-35-41-47-53-59-71(3)4)69-93-97(85,86)91-65-73(80)66-92-98(87,88)94-70-75(96-79(84)64-58-52-46-40-34-33-36-42-48-54-60-72(5)6)68-89-76(81)61-55-49-43-37-30-26-20-18-16-14-12-10-8-2/h71-75,80H,7-70H2,1-6H3,(H,85,86)(H,87,88)/t73-,74-,75-/m1/s1. The number of unbranched alkanes of at least 4 members (excludes halogenated alkanes) is 48. The lowest BCUT2D eigenvalue weighted by atomic mass is 10.0. The molecule has 2 unspecified atom stereocenters. The molecule has 0 rings (SSSR count). The van der Waals surface area contributed by atoms with Gasteiger partial charge in [0.15, 0.2) is 12.2 Å². The molecule has 0 aromatic carbocycles. The van der Waals surface area contributed by atoms with Crippen molar-refractivity contribution in [3.8, 4) is 0 Å². The molecule has 3 N–H and O–H groups in total. The molecule has 0 bridgehead atoms. The Balaban J connectivity index is 5.26. The second-order valence-electron chi connectivity index (χ2n) is 29.4. The molecule has 19 heteroatoms. The summed E-state index contributed by atoms with van der Waals surface area (Å²) in [7, 11) is -9.92. The lowest BCUT2D eigenvalue weighted by Gasteiger charge is -2.21. The van der Waals surface area contributed by atoms with E-state index in [0.29, 0.717) is 25.7 Å². The highest BCUT2D eigenvalue weighted by molar-refractivity contribution is 7.47. The summed E-state index contributed by atoms with van der Waals surface area (Å²) in [5.74, 6) is -0.586. The van der Waals surface area contributed by atoms with Crippen molar-refractivity contribution < 1.29 is 80.2 Å². The molecular formula is C79H154O17P2. The van der Waals surface area contributed by atoms with E-state index in [2.05, 4.69) is 41.5 Å². The van der Waals surface area contributed by atoms with Gasteiger partial charge in [-0.05, 0) is 37.5 Å². The molecule has 5 atom stereocenters. The van der Waals surface area contributed by atoms with Crippen LogP contribution in [0.5, 0.6) is 0 Å². The van der Waals surface area contributed by atoms with Crippen molar-refractivity contribution in [2.75, 3.05) is 39.6 Å². The minimum absolute atomic E-state index is 0.107. The predicted octanol–water partition coefficient (Wildman–Crippen LogP) is 23.5. The monoisotopic (exact) mass is 1440 g/mol. The Hall–Kier alpha value is -1.94. The topological polar surface area (TPSA) is 237 Å². The van der Waals surface area contributed by atoms with Gasteiger partial charge in [-0.2, -0.15) is 0 Å². The number of esters is 4. The molecule has 98 heavy (non-hydrogen) atoms. The number of hydrogen-bond acceptors (Lipinski definition) is 15. The van der Waals surface area contributed by atoms with Crippen LogP contribution in [0.2, 0.25) is 0 Å². The lowest BCUT2D eigenvalue weighted by Crippen LogP contribution is -2.30. The van der Waals surface area contributed by atoms with E-state index >= 15 is 0 Å². The fourth-order valence-electron chi connectivity index (χ4n) is 12.2. The van der Waals surface area contributed by atoms with E-state index in [4.69, 9.17) is 37.0 Å². The number of aliphatic hydroxyl groups excluding tert-OH is 1. The van der Waals surface area contributed by atoms with Crippen LogP contribution in [0, 0.1) is 11.8 Å². The maximum absolute atomic E-state index is 13.1. The zero-order valence-corrected chi connectivity index (χ0v) is 65.9. The summed E-state index contributed by atoms with van der Waals surface area (Å²) >= 11 is 0. The van der Waals surface area contributed by atoms with Gasteiger partial charge in [0, 0.05) is 25.7 Å². The number of phosphoric ester groups is 2. The molecule has 0 aliphatic rings. The van der Waals surface area contributed by atoms with Crippen LogP contribution in [0.3, 0.4) is 0 Å². The highest BCUT2D eigenvalue weighted by Gasteiger charge is 2.30. The van der Waals surface area contributed by atoms with Crippen LogP contribution in [0.4, 0.5) is 0 Å². The molecule has 0 amide bonds. The molecular weight excluding hydrogens is 1280 g/mol. The first-order chi connectivity index (χ1) is 47.4. The second kappa shape index (κ2) is 70.7. The Labute approximate surface area is 600 Å². The minimum Gasteiger partial charge on any atom is -0.462 e. The first-order valence-electron chi connectivity index (χ1n) is 41.0. The van der Waals surface area contributed by atoms with Crippen molar-refractivity contribution in [2.45, 2.75) is 432 Å². The van der Waals surface area contributed by atoms with Crippen LogP contribution in [-0.2, 0) is 65.4 Å². The summed E-state index contributed by atoms with van der Waals surface area (Å²) in [6.07, 6.45) is 59.5. The van der Waals surface area contributed by atoms with Gasteiger partial charge in [-0.1, -0.05) is 363 Å². The van der Waals surface area contributed by atoms with E-state index in [9.17, 15) is 43.2 Å². The fraction of sp³-hybridized carbons (Fsp3) is 0.949. The van der Waals surface area contributed by atoms with Crippen LogP contribution in [-0.4, -0.2) is 96.7 Å². The Kier molecular flexibility index (Phi) is 69.3. The summed E-state index contributed by atoms with van der Waals surface area (Å²) in [6.45, 7) is 9.62. The zero-order valence-electron chi connectivity index (χ0n) is 64.1. The largest absolute Gasteiger partial charge is 0.472 e. The average molecular weight is 1440 g/mol. The minimum atomic E-state index is -4.96. The van der Waals surface area contributed by atoms with Crippen LogP contribution >= 0.6 is 15.6 Å². The Morgan fingerprint density at radius 2 is 0.469 bits per heavy atom. The maximum Gasteiger partial charge on any atom is 0.472 e. The highest BCUT2D eigenvalue weighted by Crippen LogP contribution is 2.45. The zero-order chi connectivity index (χ0) is 72.1. The second-order valence-corrected chi connectivity index (χ2v) is 32.3. The average Bonchev–Trinajstić information content (AvgIpc) is 1.06. The van der Waals surface area contributed by atoms with E-state index in [0.717, 1.165) is 102 Å². The van der Waals surface area contributed by atoms with Gasteiger partial charge in [-0.3, -0.25) is 37.3 Å². The van der Waals surface area contributed by atoms with Crippen molar-refractivity contribution in [1.82, 2.24) is 0 Å². The van der Waals surface area contributed by atoms with Crippen molar-refractivity contribution in [1.29, 1.82) is 0 Å². The van der Waals surface area contributed by atoms with Crippen LogP contribution in [0.15, 0.2) is 0 Å². The normalized spacial score (nSPS) is 13.9. The quantitative estimate of drug-likeness (QED) is 0.0222. The molecule has 0 spiro atoms. The number of carbonyl (C=O) groups excluding carboxylic acids is 4. The van der Waals surface area contributed by atoms with E-state index in [1.165, 1.54) is 231 Å². The number of carbonyl (C=O) groups is 4. The molecule has 17 nitrogen and oxygen atoms in total. The molecule has 0 aromatic rings. The van der Waals surface area contributed by atoms with E-state index in [-0.39, 0.29) is 25.7 Å². The molecule has 582 valence electrons. The van der Waals surface area contributed by atoms with Gasteiger partial charge in [-0.25, -0.2) is 9.13 Å². The first kappa shape index (κ1) is 96.1. The predicted molar refractivity (Wildman–Crippen MR) is 400 cm³/mol. The molecule has 0 aliphatic carbocycles. The van der Waals surface area contributed by atoms with Crippen molar-refractivity contribution in [3.63, 3.8) is 0 Å². The van der Waals surface area contributed by atoms with E-state index in [1.807, 2.05) is 0 Å². The Bertz CT molecular complexity index is 1890. The number of rotatable bonds is 78. The SMILES string of the molecule is CCCCCCCCCCCCCCCCCCCCC(=O)O[C@H](COC(=O)CCCCCCCCCCCCCC(C)C)COP(=O)(O)OC[C@@H](O)COP(=O)(O)OC[C@@H](COC(=O)CCCCCCCCCCCCCCC)OC(=O)CCCCCCCCCCCCC(C)C. The summed E-state index contributed by atoms with van der Waals surface area (Å²) in [6, 6.07) is 0. The van der Waals surface area contributed by atoms with Crippen LogP contribution in [0.1, 0.15) is 414 Å². The number of hydrogen-bond donors (Lipinski definition) is 3. The van der Waals surface area contributed by atoms with Crippen molar-refractivity contribution in [3.05, 3.63) is 0 Å². The number of ether oxygens (including phenoxy) is 4. The van der Waals surface area contributed by atoms with E-state index < -0.39 is 97.5 Å². The van der Waals surface area contributed by atoms with Gasteiger partial charge in [-0.15, -0.1) is 0 Å². The van der Waals surface area contributed by atoms with Crippen molar-refractivity contribution >= 4 is 39.5 Å². The smallest absolute Gasteiger partial charge is 0.462 e. The summed E-state index contributed by atoms with van der Waals surface area (Å²) in [4.78, 5) is 73.0. The fourth-order valence-corrected chi connectivity index (χ4v) is 13.8. The van der Waals surface area contributed by atoms with E-state index in [1.54, 1.807) is 0 Å². The summed E-state index contributed by atoms with van der Waals surface area (Å²) in [5, 5.41) is 10.6. The Morgan fingerprint density at radius 1 is 0.276 bits per heavy atom. The number of aliphatic hydroxyl groups is 1. The molecule has 0 saturated heterocycles. The van der Waals surface area contributed by atoms with Crippen molar-refractivity contribution in [2.24, 2.45) is 11.8 Å². The third-order valence-electron chi connectivity index (χ3n) is 18.5. The first-order valence-corrected chi connectivity index (χ1v) is 44.0. The molecule has 0 aromatic heterocycles. The number of phosphoric acid groups is 2. The van der Waals surface area contributed by atoms with Gasteiger partial charge >= 0.3 is 39.5 Å². The maximum atomic E-state index is 13.1. The van der Waals surface area contributed by atoms with Crippen LogP contribution in [0.25, 0.3) is 0 Å². The third kappa shape index (κ3) is 72.4. The summed E-state index contributed by atoms with van der Waals surface area (Å²) < 4.78 is 68.7. The van der Waals surface area contributed by atoms with Gasteiger partial charge < -0.3 is 33.8 Å². The third-order valence-corrected chi connectivity index (χ3v) is 20.4. The van der Waals surface area contributed by atoms with Gasteiger partial charge in [0.05, 0.1) is 26.4 Å². The highest BCUT2D eigenvalue weighted by atomic mass is 31.2. The molecule has 0 heterocycles. The lowest BCUT2D eigenvalue weighted by molar-refractivity contribution is -0.161. The summed E-state index contributed by atoms with van der Waals surface area (Å²) in [5.41, 5.74) is 0. The molecule has 0 radical (unpaired) electrons. The molecule has 0 saturated carbocycles. The Morgan fingerprint density at radius 3 is 0.694 bits per heavy atom. The van der Waals surface area contributed by atoms with Gasteiger partial charge in [0.25, 0.3) is 0 Å². The van der Waals surface area contributed by atoms with Crippen LogP contribution < -0.4 is 0 Å². The van der Waals surface area contributed by atoms with Gasteiger partial charge in [0.1, 0.15) is 19.3 Å². The molecule has 0 fully saturated rings. The molecule has 0 aliphatic heterocycles. The van der Waals surface area contributed by atoms with Gasteiger partial charge in [0.2, 0.25) is 0 Å².